The number of hydrogen-bond acceptors (Lipinski definition) is 2. The Bertz CT molecular complexity index is 588. The number of imidazole rings is 1. The van der Waals surface area contributed by atoms with Gasteiger partial charge in [0.15, 0.2) is 0 Å². The van der Waals surface area contributed by atoms with Gasteiger partial charge in [0, 0.05) is 18.4 Å². The average molecular weight is 283 g/mol. The van der Waals surface area contributed by atoms with Gasteiger partial charge in [-0.1, -0.05) is 13.0 Å². The molecule has 0 radical (unpaired) electrons. The molecule has 0 saturated heterocycles. The van der Waals surface area contributed by atoms with E-state index in [0.717, 1.165) is 30.8 Å². The van der Waals surface area contributed by atoms with Gasteiger partial charge in [-0.15, -0.1) is 0 Å². The highest BCUT2D eigenvalue weighted by Gasteiger charge is 2.30. The van der Waals surface area contributed by atoms with E-state index < -0.39 is 11.7 Å². The van der Waals surface area contributed by atoms with E-state index in [4.69, 9.17) is 0 Å². The molecule has 0 aliphatic rings. The average Bonchev–Trinajstić information content (AvgIpc) is 2.77. The molecule has 1 aromatic carbocycles. The number of aromatic nitrogens is 2. The molecule has 2 rings (SSSR count). The summed E-state index contributed by atoms with van der Waals surface area (Å²) in [6.07, 6.45) is -1.72. The number of nitrogens with one attached hydrogen (secondary N) is 1. The molecule has 6 heteroatoms. The Balaban J connectivity index is 2.41. The lowest BCUT2D eigenvalue weighted by atomic mass is 10.2. The number of hydrogen-bond donors (Lipinski definition) is 1. The summed E-state index contributed by atoms with van der Waals surface area (Å²) in [6.45, 7) is 4.54. The normalized spacial score (nSPS) is 11.7. The van der Waals surface area contributed by atoms with Gasteiger partial charge in [-0.2, -0.15) is 13.2 Å². The van der Waals surface area contributed by atoms with E-state index >= 15 is 0 Å². The second-order valence-corrected chi connectivity index (χ2v) is 4.55. The van der Waals surface area contributed by atoms with Crippen LogP contribution in [-0.4, -0.2) is 16.1 Å². The van der Waals surface area contributed by atoms with Crippen molar-refractivity contribution in [2.75, 3.05) is 11.9 Å². The Morgan fingerprint density at radius 3 is 2.70 bits per heavy atom. The fourth-order valence-corrected chi connectivity index (χ4v) is 1.89. The van der Waals surface area contributed by atoms with E-state index in [1.807, 2.05) is 6.92 Å². The SMILES string of the molecule is CCCNc1nc(C)cn1-c1cccc(C(F)(F)F)c1. The summed E-state index contributed by atoms with van der Waals surface area (Å²) in [6, 6.07) is 5.22. The first-order valence-corrected chi connectivity index (χ1v) is 6.39. The van der Waals surface area contributed by atoms with Crippen molar-refractivity contribution in [3.05, 3.63) is 41.7 Å². The first kappa shape index (κ1) is 14.4. The molecule has 3 nitrogen and oxygen atoms in total. The second-order valence-electron chi connectivity index (χ2n) is 4.55. The van der Waals surface area contributed by atoms with E-state index in [1.54, 1.807) is 23.8 Å². The van der Waals surface area contributed by atoms with Crippen LogP contribution in [0.2, 0.25) is 0 Å². The molecule has 0 saturated carbocycles. The monoisotopic (exact) mass is 283 g/mol. The molecular weight excluding hydrogens is 267 g/mol. The van der Waals surface area contributed by atoms with Crippen molar-refractivity contribution in [1.29, 1.82) is 0 Å². The third-order valence-electron chi connectivity index (χ3n) is 2.81. The van der Waals surface area contributed by atoms with Gasteiger partial charge in [0.25, 0.3) is 0 Å². The van der Waals surface area contributed by atoms with Gasteiger partial charge in [0.1, 0.15) is 0 Å². The van der Waals surface area contributed by atoms with E-state index in [0.29, 0.717) is 11.6 Å². The molecule has 20 heavy (non-hydrogen) atoms. The van der Waals surface area contributed by atoms with Gasteiger partial charge < -0.3 is 5.32 Å². The Morgan fingerprint density at radius 2 is 2.05 bits per heavy atom. The quantitative estimate of drug-likeness (QED) is 0.918. The van der Waals surface area contributed by atoms with Crippen LogP contribution in [-0.2, 0) is 6.18 Å². The maximum absolute atomic E-state index is 12.8. The Kier molecular flexibility index (Phi) is 4.01. The van der Waals surface area contributed by atoms with Gasteiger partial charge >= 0.3 is 6.18 Å². The van der Waals surface area contributed by atoms with E-state index in [9.17, 15) is 13.2 Å². The van der Waals surface area contributed by atoms with Crippen molar-refractivity contribution >= 4 is 5.95 Å². The standard InChI is InChI=1S/C14H16F3N3/c1-3-7-18-13-19-10(2)9-20(13)12-6-4-5-11(8-12)14(15,16)17/h4-6,8-9H,3,7H2,1-2H3,(H,18,19). The lowest BCUT2D eigenvalue weighted by molar-refractivity contribution is -0.137. The summed E-state index contributed by atoms with van der Waals surface area (Å²) in [5, 5.41) is 3.11. The third-order valence-corrected chi connectivity index (χ3v) is 2.81. The number of aryl methyl sites for hydroxylation is 1. The summed E-state index contributed by atoms with van der Waals surface area (Å²) < 4.78 is 39.9. The largest absolute Gasteiger partial charge is 0.416 e. The number of anilines is 1. The number of nitrogens with zero attached hydrogens (tertiary/aromatic N) is 2. The number of halogens is 3. The first-order chi connectivity index (χ1) is 9.41. The molecule has 0 aliphatic heterocycles. The van der Waals surface area contributed by atoms with Gasteiger partial charge in [-0.3, -0.25) is 4.57 Å². The molecule has 0 atom stereocenters. The zero-order valence-corrected chi connectivity index (χ0v) is 11.3. The first-order valence-electron chi connectivity index (χ1n) is 6.39. The summed E-state index contributed by atoms with van der Waals surface area (Å²) in [5.41, 5.74) is 0.530. The zero-order chi connectivity index (χ0) is 14.8. The lowest BCUT2D eigenvalue weighted by Gasteiger charge is -2.12. The fourth-order valence-electron chi connectivity index (χ4n) is 1.89. The molecule has 0 bridgehead atoms. The van der Waals surface area contributed by atoms with Crippen molar-refractivity contribution in [3.63, 3.8) is 0 Å². The minimum Gasteiger partial charge on any atom is -0.355 e. The fraction of sp³-hybridized carbons (Fsp3) is 0.357. The maximum Gasteiger partial charge on any atom is 0.416 e. The Labute approximate surface area is 115 Å². The highest BCUT2D eigenvalue weighted by atomic mass is 19.4. The molecule has 0 amide bonds. The second kappa shape index (κ2) is 5.56. The van der Waals surface area contributed by atoms with Gasteiger partial charge in [-0.25, -0.2) is 4.98 Å². The molecule has 0 fully saturated rings. The van der Waals surface area contributed by atoms with E-state index in [2.05, 4.69) is 10.3 Å². The Hall–Kier alpha value is -1.98. The molecule has 1 aromatic heterocycles. The van der Waals surface area contributed by atoms with E-state index in [-0.39, 0.29) is 0 Å². The highest BCUT2D eigenvalue weighted by Crippen LogP contribution is 2.31. The van der Waals surface area contributed by atoms with E-state index in [1.165, 1.54) is 6.07 Å². The van der Waals surface area contributed by atoms with Crippen LogP contribution in [0, 0.1) is 6.92 Å². The minimum atomic E-state index is -4.34. The van der Waals surface area contributed by atoms with Crippen molar-refractivity contribution < 1.29 is 13.2 Å². The molecule has 0 aliphatic carbocycles. The predicted octanol–water partition coefficient (Wildman–Crippen LogP) is 4.02. The van der Waals surface area contributed by atoms with Crippen LogP contribution in [0.15, 0.2) is 30.5 Å². The van der Waals surface area contributed by atoms with Crippen LogP contribution in [0.3, 0.4) is 0 Å². The lowest BCUT2D eigenvalue weighted by Crippen LogP contribution is -2.09. The van der Waals surface area contributed by atoms with Crippen molar-refractivity contribution in [2.45, 2.75) is 26.4 Å². The van der Waals surface area contributed by atoms with Gasteiger partial charge in [0.2, 0.25) is 5.95 Å². The number of rotatable bonds is 4. The molecule has 0 unspecified atom stereocenters. The number of benzene rings is 1. The van der Waals surface area contributed by atoms with Crippen LogP contribution in [0.1, 0.15) is 24.6 Å². The maximum atomic E-state index is 12.8. The molecule has 0 spiro atoms. The van der Waals surface area contributed by atoms with Crippen LogP contribution >= 0.6 is 0 Å². The van der Waals surface area contributed by atoms with Gasteiger partial charge in [-0.05, 0) is 31.5 Å². The molecule has 2 aromatic rings. The summed E-state index contributed by atoms with van der Waals surface area (Å²) in [4.78, 5) is 4.29. The van der Waals surface area contributed by atoms with Gasteiger partial charge in [0.05, 0.1) is 11.3 Å². The van der Waals surface area contributed by atoms with Crippen LogP contribution in [0.5, 0.6) is 0 Å². The zero-order valence-electron chi connectivity index (χ0n) is 11.3. The van der Waals surface area contributed by atoms with Crippen molar-refractivity contribution in [1.82, 2.24) is 9.55 Å². The Morgan fingerprint density at radius 1 is 1.30 bits per heavy atom. The molecule has 1 heterocycles. The smallest absolute Gasteiger partial charge is 0.355 e. The summed E-state index contributed by atoms with van der Waals surface area (Å²) in [7, 11) is 0. The third kappa shape index (κ3) is 3.12. The van der Waals surface area contributed by atoms with Crippen LogP contribution in [0.4, 0.5) is 19.1 Å². The highest BCUT2D eigenvalue weighted by molar-refractivity contribution is 5.45. The van der Waals surface area contributed by atoms with Crippen molar-refractivity contribution in [3.8, 4) is 5.69 Å². The topological polar surface area (TPSA) is 29.9 Å². The van der Waals surface area contributed by atoms with Crippen molar-refractivity contribution in [2.24, 2.45) is 0 Å². The number of alkyl halides is 3. The van der Waals surface area contributed by atoms with Crippen LogP contribution < -0.4 is 5.32 Å². The molecule has 1 N–H and O–H groups in total. The summed E-state index contributed by atoms with van der Waals surface area (Å²) >= 11 is 0. The summed E-state index contributed by atoms with van der Waals surface area (Å²) in [5.74, 6) is 0.559. The van der Waals surface area contributed by atoms with Crippen LogP contribution in [0.25, 0.3) is 5.69 Å². The predicted molar refractivity (Wildman–Crippen MR) is 72.1 cm³/mol. The molecule has 108 valence electrons. The molecular formula is C14H16F3N3. The minimum absolute atomic E-state index is 0.444.